The van der Waals surface area contributed by atoms with Gasteiger partial charge in [0.1, 0.15) is 5.75 Å². The molecular weight excluding hydrogens is 386 g/mol. The molecule has 1 amide bonds. The molecule has 1 unspecified atom stereocenters. The predicted molar refractivity (Wildman–Crippen MR) is 106 cm³/mol. The van der Waals surface area contributed by atoms with E-state index in [-0.39, 0.29) is 30.1 Å². The summed E-state index contributed by atoms with van der Waals surface area (Å²) < 4.78 is 29.4. The molecule has 0 spiro atoms. The van der Waals surface area contributed by atoms with E-state index in [1.165, 1.54) is 0 Å². The van der Waals surface area contributed by atoms with Crippen molar-refractivity contribution in [2.75, 3.05) is 18.1 Å². The number of sulfone groups is 1. The van der Waals surface area contributed by atoms with Crippen molar-refractivity contribution in [3.05, 3.63) is 64.7 Å². The summed E-state index contributed by atoms with van der Waals surface area (Å²) in [6.45, 7) is 2.21. The van der Waals surface area contributed by atoms with Gasteiger partial charge in [-0.2, -0.15) is 0 Å². The van der Waals surface area contributed by atoms with Crippen LogP contribution in [-0.2, 0) is 21.2 Å². The Kier molecular flexibility index (Phi) is 6.07. The molecule has 1 saturated heterocycles. The number of ether oxygens (including phenoxy) is 1. The van der Waals surface area contributed by atoms with Gasteiger partial charge in [0.15, 0.2) is 16.4 Å². The zero-order chi connectivity index (χ0) is 19.4. The third-order valence-electron chi connectivity index (χ3n) is 4.62. The van der Waals surface area contributed by atoms with Gasteiger partial charge in [-0.05, 0) is 43.2 Å². The SMILES string of the molecule is Cc1ccc(CN(C(=O)COc2ccc(Cl)cc2)C2CCS(=O)(=O)C2)cc1. The molecule has 1 atom stereocenters. The average molecular weight is 408 g/mol. The van der Waals surface area contributed by atoms with Crippen LogP contribution in [0.1, 0.15) is 17.5 Å². The number of aryl methyl sites for hydroxylation is 1. The minimum absolute atomic E-state index is 0.00550. The maximum absolute atomic E-state index is 12.8. The third kappa shape index (κ3) is 5.47. The number of hydrogen-bond acceptors (Lipinski definition) is 4. The van der Waals surface area contributed by atoms with Gasteiger partial charge in [-0.3, -0.25) is 4.79 Å². The molecule has 0 saturated carbocycles. The Morgan fingerprint density at radius 1 is 1.15 bits per heavy atom. The van der Waals surface area contributed by atoms with Gasteiger partial charge in [0.2, 0.25) is 0 Å². The molecule has 0 N–H and O–H groups in total. The highest BCUT2D eigenvalue weighted by atomic mass is 35.5. The minimum Gasteiger partial charge on any atom is -0.484 e. The summed E-state index contributed by atoms with van der Waals surface area (Å²) in [4.78, 5) is 14.5. The molecule has 1 aliphatic heterocycles. The van der Waals surface area contributed by atoms with Crippen molar-refractivity contribution in [3.8, 4) is 5.75 Å². The normalized spacial score (nSPS) is 18.2. The van der Waals surface area contributed by atoms with E-state index in [0.29, 0.717) is 23.7 Å². The summed E-state index contributed by atoms with van der Waals surface area (Å²) in [6, 6.07) is 14.3. The van der Waals surface area contributed by atoms with E-state index < -0.39 is 9.84 Å². The summed E-state index contributed by atoms with van der Waals surface area (Å²) in [5, 5.41) is 0.589. The molecule has 1 heterocycles. The molecule has 0 aromatic heterocycles. The van der Waals surface area contributed by atoms with Crippen LogP contribution in [0.25, 0.3) is 0 Å². The number of carbonyl (C=O) groups excluding carboxylic acids is 1. The number of rotatable bonds is 6. The fourth-order valence-electron chi connectivity index (χ4n) is 3.09. The maximum atomic E-state index is 12.8. The summed E-state index contributed by atoms with van der Waals surface area (Å²) in [6.07, 6.45) is 0.459. The second kappa shape index (κ2) is 8.31. The van der Waals surface area contributed by atoms with E-state index in [1.54, 1.807) is 29.2 Å². The predicted octanol–water partition coefficient (Wildman–Crippen LogP) is 3.24. The summed E-state index contributed by atoms with van der Waals surface area (Å²) in [7, 11) is -3.09. The number of hydrogen-bond donors (Lipinski definition) is 0. The van der Waals surface area contributed by atoms with Crippen LogP contribution < -0.4 is 4.74 Å². The number of benzene rings is 2. The van der Waals surface area contributed by atoms with Crippen molar-refractivity contribution < 1.29 is 17.9 Å². The number of halogens is 1. The number of carbonyl (C=O) groups is 1. The standard InChI is InChI=1S/C20H22ClNO4S/c1-15-2-4-16(5-3-15)12-22(18-10-11-27(24,25)14-18)20(23)13-26-19-8-6-17(21)7-9-19/h2-9,18H,10-14H2,1H3. The van der Waals surface area contributed by atoms with Crippen molar-refractivity contribution in [2.45, 2.75) is 25.9 Å². The third-order valence-corrected chi connectivity index (χ3v) is 6.62. The summed E-state index contributed by atoms with van der Waals surface area (Å²) >= 11 is 5.85. The highest BCUT2D eigenvalue weighted by molar-refractivity contribution is 7.91. The molecule has 7 heteroatoms. The van der Waals surface area contributed by atoms with E-state index in [0.717, 1.165) is 11.1 Å². The lowest BCUT2D eigenvalue weighted by Gasteiger charge is -2.28. The second-order valence-corrected chi connectivity index (χ2v) is 9.47. The van der Waals surface area contributed by atoms with Gasteiger partial charge in [-0.25, -0.2) is 8.42 Å². The second-order valence-electron chi connectivity index (χ2n) is 6.81. The Hall–Kier alpha value is -2.05. The molecule has 144 valence electrons. The average Bonchev–Trinajstić information content (AvgIpc) is 3.00. The van der Waals surface area contributed by atoms with Crippen LogP contribution in [0.3, 0.4) is 0 Å². The number of amides is 1. The first-order chi connectivity index (χ1) is 12.8. The molecule has 0 aliphatic carbocycles. The quantitative estimate of drug-likeness (QED) is 0.737. The Morgan fingerprint density at radius 3 is 2.41 bits per heavy atom. The highest BCUT2D eigenvalue weighted by Crippen LogP contribution is 2.21. The lowest BCUT2D eigenvalue weighted by atomic mass is 10.1. The number of nitrogens with zero attached hydrogens (tertiary/aromatic N) is 1. The minimum atomic E-state index is -3.09. The van der Waals surface area contributed by atoms with Gasteiger partial charge < -0.3 is 9.64 Å². The molecule has 1 fully saturated rings. The lowest BCUT2D eigenvalue weighted by Crippen LogP contribution is -2.43. The van der Waals surface area contributed by atoms with Crippen molar-refractivity contribution in [3.63, 3.8) is 0 Å². The Balaban J connectivity index is 1.72. The molecule has 2 aromatic rings. The zero-order valence-corrected chi connectivity index (χ0v) is 16.7. The molecule has 3 rings (SSSR count). The first kappa shape index (κ1) is 19.7. The summed E-state index contributed by atoms with van der Waals surface area (Å²) in [5.74, 6) is 0.438. The van der Waals surface area contributed by atoms with Crippen molar-refractivity contribution in [2.24, 2.45) is 0 Å². The van der Waals surface area contributed by atoms with Crippen molar-refractivity contribution in [1.82, 2.24) is 4.90 Å². The highest BCUT2D eigenvalue weighted by Gasteiger charge is 2.34. The summed E-state index contributed by atoms with van der Waals surface area (Å²) in [5.41, 5.74) is 2.09. The molecule has 5 nitrogen and oxygen atoms in total. The largest absolute Gasteiger partial charge is 0.484 e. The van der Waals surface area contributed by atoms with Crippen LogP contribution in [-0.4, -0.2) is 43.4 Å². The van der Waals surface area contributed by atoms with E-state index >= 15 is 0 Å². The maximum Gasteiger partial charge on any atom is 0.261 e. The Morgan fingerprint density at radius 2 is 1.81 bits per heavy atom. The zero-order valence-electron chi connectivity index (χ0n) is 15.1. The van der Waals surface area contributed by atoms with Gasteiger partial charge in [0, 0.05) is 17.6 Å². The van der Waals surface area contributed by atoms with Crippen LogP contribution >= 0.6 is 11.6 Å². The van der Waals surface area contributed by atoms with E-state index in [1.807, 2.05) is 31.2 Å². The van der Waals surface area contributed by atoms with Gasteiger partial charge in [0.25, 0.3) is 5.91 Å². The lowest BCUT2D eigenvalue weighted by molar-refractivity contribution is -0.136. The Labute approximate surface area is 164 Å². The molecule has 1 aliphatic rings. The van der Waals surface area contributed by atoms with E-state index in [9.17, 15) is 13.2 Å². The van der Waals surface area contributed by atoms with Gasteiger partial charge in [-0.15, -0.1) is 0 Å². The fourth-order valence-corrected chi connectivity index (χ4v) is 4.95. The molecule has 0 radical (unpaired) electrons. The van der Waals surface area contributed by atoms with E-state index in [2.05, 4.69) is 0 Å². The first-order valence-corrected chi connectivity index (χ1v) is 11.0. The topological polar surface area (TPSA) is 63.7 Å². The van der Waals surface area contributed by atoms with Crippen LogP contribution in [0.5, 0.6) is 5.75 Å². The molecule has 27 heavy (non-hydrogen) atoms. The Bertz CT molecular complexity index is 895. The van der Waals surface area contributed by atoms with E-state index in [4.69, 9.17) is 16.3 Å². The molecule has 2 aromatic carbocycles. The fraction of sp³-hybridized carbons (Fsp3) is 0.350. The van der Waals surface area contributed by atoms with Gasteiger partial charge in [-0.1, -0.05) is 41.4 Å². The smallest absolute Gasteiger partial charge is 0.261 e. The monoisotopic (exact) mass is 407 g/mol. The van der Waals surface area contributed by atoms with Crippen LogP contribution in [0.2, 0.25) is 5.02 Å². The van der Waals surface area contributed by atoms with Crippen molar-refractivity contribution in [1.29, 1.82) is 0 Å². The van der Waals surface area contributed by atoms with Crippen LogP contribution in [0, 0.1) is 6.92 Å². The van der Waals surface area contributed by atoms with Gasteiger partial charge >= 0.3 is 0 Å². The molecule has 0 bridgehead atoms. The van der Waals surface area contributed by atoms with Crippen molar-refractivity contribution >= 4 is 27.3 Å². The van der Waals surface area contributed by atoms with Crippen LogP contribution in [0.4, 0.5) is 0 Å². The van der Waals surface area contributed by atoms with Gasteiger partial charge in [0.05, 0.1) is 11.5 Å². The first-order valence-electron chi connectivity index (χ1n) is 8.76. The van der Waals surface area contributed by atoms with Crippen LogP contribution in [0.15, 0.2) is 48.5 Å². The molecular formula is C20H22ClNO4S.